The molecule has 3 rings (SSSR count). The molecule has 2 aromatic heterocycles. The first-order valence-electron chi connectivity index (χ1n) is 8.05. The fourth-order valence-electron chi connectivity index (χ4n) is 2.76. The molecule has 0 N–H and O–H groups in total. The van der Waals surface area contributed by atoms with Crippen LogP contribution in [0.5, 0.6) is 5.75 Å². The lowest BCUT2D eigenvalue weighted by molar-refractivity contribution is -0.0498. The number of benzene rings is 1. The van der Waals surface area contributed by atoms with E-state index in [0.29, 0.717) is 5.56 Å². The normalized spacial score (nSPS) is 11.2. The molecule has 0 unspecified atom stereocenters. The minimum Gasteiger partial charge on any atom is -0.435 e. The highest BCUT2D eigenvalue weighted by molar-refractivity contribution is 8.01. The van der Waals surface area contributed by atoms with E-state index < -0.39 is 6.61 Å². The van der Waals surface area contributed by atoms with E-state index in [1.165, 1.54) is 35.2 Å². The zero-order valence-corrected chi connectivity index (χ0v) is 16.5. The number of alkyl halides is 2. The molecule has 0 bridgehead atoms. The lowest BCUT2D eigenvalue weighted by Gasteiger charge is -2.11. The maximum atomic E-state index is 12.6. The number of thioether (sulfide) groups is 1. The number of ketones is 1. The van der Waals surface area contributed by atoms with E-state index in [-0.39, 0.29) is 17.3 Å². The van der Waals surface area contributed by atoms with Crippen LogP contribution in [0.2, 0.25) is 0 Å². The van der Waals surface area contributed by atoms with Crippen molar-refractivity contribution in [1.82, 2.24) is 14.8 Å². The van der Waals surface area contributed by atoms with Crippen molar-refractivity contribution >= 4 is 28.9 Å². The van der Waals surface area contributed by atoms with Gasteiger partial charge in [0.25, 0.3) is 0 Å². The zero-order valence-electron chi connectivity index (χ0n) is 14.9. The van der Waals surface area contributed by atoms with E-state index in [0.717, 1.165) is 26.4 Å². The molecule has 5 nitrogen and oxygen atoms in total. The highest BCUT2D eigenvalue weighted by atomic mass is 32.2. The first-order valence-corrected chi connectivity index (χ1v) is 9.85. The number of hydrogen-bond acceptors (Lipinski definition) is 6. The number of aryl methyl sites for hydroxylation is 2. The number of carbonyl (C=O) groups excluding carboxylic acids is 1. The van der Waals surface area contributed by atoms with Crippen molar-refractivity contribution in [2.75, 3.05) is 5.75 Å². The average Bonchev–Trinajstić information content (AvgIpc) is 3.16. The minimum absolute atomic E-state index is 0.00450. The first kappa shape index (κ1) is 19.5. The second-order valence-electron chi connectivity index (χ2n) is 5.79. The van der Waals surface area contributed by atoms with Crippen LogP contribution in [0.15, 0.2) is 34.7 Å². The lowest BCUT2D eigenvalue weighted by Crippen LogP contribution is -2.06. The van der Waals surface area contributed by atoms with Crippen LogP contribution in [0.3, 0.4) is 0 Å². The second kappa shape index (κ2) is 8.18. The molecule has 0 spiro atoms. The number of nitrogens with zero attached hydrogens (tertiary/aromatic N) is 3. The van der Waals surface area contributed by atoms with E-state index in [2.05, 4.69) is 14.9 Å². The van der Waals surface area contributed by atoms with Crippen LogP contribution in [-0.2, 0) is 0 Å². The fraction of sp³-hybridized carbons (Fsp3) is 0.278. The van der Waals surface area contributed by atoms with Gasteiger partial charge in [0.15, 0.2) is 10.1 Å². The third-order valence-corrected chi connectivity index (χ3v) is 5.86. The summed E-state index contributed by atoms with van der Waals surface area (Å²) in [6, 6.07) is 8.17. The Morgan fingerprint density at radius 1 is 1.22 bits per heavy atom. The first-order chi connectivity index (χ1) is 12.8. The quantitative estimate of drug-likeness (QED) is 0.413. The third-order valence-electron chi connectivity index (χ3n) is 3.89. The Labute approximate surface area is 163 Å². The summed E-state index contributed by atoms with van der Waals surface area (Å²) in [5.41, 5.74) is 3.09. The summed E-state index contributed by atoms with van der Waals surface area (Å²) in [7, 11) is 0. The molecule has 0 aliphatic heterocycles. The molecule has 0 saturated carbocycles. The number of rotatable bonds is 7. The number of aromatic nitrogens is 3. The highest BCUT2D eigenvalue weighted by Crippen LogP contribution is 2.27. The molecular formula is C18H17F2N3O2S2. The van der Waals surface area contributed by atoms with Gasteiger partial charge in [0.05, 0.1) is 5.75 Å². The van der Waals surface area contributed by atoms with Crippen LogP contribution in [-0.4, -0.2) is 32.9 Å². The van der Waals surface area contributed by atoms with Crippen molar-refractivity contribution in [2.24, 2.45) is 0 Å². The van der Waals surface area contributed by atoms with Crippen LogP contribution in [0.25, 0.3) is 5.69 Å². The number of carbonyl (C=O) groups is 1. The maximum absolute atomic E-state index is 12.6. The molecule has 27 heavy (non-hydrogen) atoms. The van der Waals surface area contributed by atoms with Crippen molar-refractivity contribution in [3.05, 3.63) is 52.3 Å². The molecule has 0 aliphatic rings. The van der Waals surface area contributed by atoms with Crippen LogP contribution in [0.1, 0.15) is 26.8 Å². The van der Waals surface area contributed by atoms with Gasteiger partial charge in [0.1, 0.15) is 10.8 Å². The van der Waals surface area contributed by atoms with Crippen molar-refractivity contribution in [3.8, 4) is 11.4 Å². The number of hydrogen-bond donors (Lipinski definition) is 0. The Hall–Kier alpha value is -2.26. The topological polar surface area (TPSA) is 57.0 Å². The summed E-state index contributed by atoms with van der Waals surface area (Å²) in [4.78, 5) is 12.6. The molecule has 0 atom stereocenters. The smallest absolute Gasteiger partial charge is 0.387 e. The highest BCUT2D eigenvalue weighted by Gasteiger charge is 2.18. The largest absolute Gasteiger partial charge is 0.435 e. The van der Waals surface area contributed by atoms with Gasteiger partial charge in [-0.2, -0.15) is 8.78 Å². The Morgan fingerprint density at radius 3 is 2.52 bits per heavy atom. The van der Waals surface area contributed by atoms with E-state index in [1.807, 2.05) is 31.4 Å². The van der Waals surface area contributed by atoms with Crippen LogP contribution in [0.4, 0.5) is 8.78 Å². The van der Waals surface area contributed by atoms with Gasteiger partial charge in [0.2, 0.25) is 0 Å². The summed E-state index contributed by atoms with van der Waals surface area (Å²) in [5, 5.41) is 8.82. The van der Waals surface area contributed by atoms with Gasteiger partial charge in [-0.1, -0.05) is 23.1 Å². The van der Waals surface area contributed by atoms with Gasteiger partial charge in [-0.3, -0.25) is 4.79 Å². The molecule has 3 aromatic rings. The van der Waals surface area contributed by atoms with Gasteiger partial charge in [-0.25, -0.2) is 0 Å². The van der Waals surface area contributed by atoms with Gasteiger partial charge in [-0.15, -0.1) is 10.2 Å². The molecule has 0 saturated heterocycles. The number of halogens is 2. The Balaban J connectivity index is 1.78. The van der Waals surface area contributed by atoms with Gasteiger partial charge in [-0.05, 0) is 51.1 Å². The summed E-state index contributed by atoms with van der Waals surface area (Å²) in [5.74, 6) is 0.376. The molecule has 9 heteroatoms. The second-order valence-corrected chi connectivity index (χ2v) is 8.20. The van der Waals surface area contributed by atoms with Crippen molar-refractivity contribution in [1.29, 1.82) is 0 Å². The van der Waals surface area contributed by atoms with Crippen molar-refractivity contribution < 1.29 is 18.3 Å². The fourth-order valence-corrected chi connectivity index (χ4v) is 4.46. The van der Waals surface area contributed by atoms with Crippen molar-refractivity contribution in [2.45, 2.75) is 31.7 Å². The van der Waals surface area contributed by atoms with Crippen molar-refractivity contribution in [3.63, 3.8) is 0 Å². The zero-order chi connectivity index (χ0) is 19.6. The van der Waals surface area contributed by atoms with Crippen LogP contribution >= 0.6 is 23.1 Å². The van der Waals surface area contributed by atoms with E-state index in [1.54, 1.807) is 12.1 Å². The third kappa shape index (κ3) is 4.54. The van der Waals surface area contributed by atoms with E-state index in [4.69, 9.17) is 0 Å². The van der Waals surface area contributed by atoms with Gasteiger partial charge < -0.3 is 9.30 Å². The SMILES string of the molecule is Cc1nnc(SCC(=O)c2cc(C)n(-c3ccc(OC(F)F)cc3)c2C)s1. The Kier molecular flexibility index (Phi) is 5.91. The predicted molar refractivity (Wildman–Crippen MR) is 102 cm³/mol. The molecule has 142 valence electrons. The summed E-state index contributed by atoms with van der Waals surface area (Å²) in [6.07, 6.45) is 0. The summed E-state index contributed by atoms with van der Waals surface area (Å²) in [6.45, 7) is 2.77. The van der Waals surface area contributed by atoms with E-state index >= 15 is 0 Å². The lowest BCUT2D eigenvalue weighted by atomic mass is 10.2. The van der Waals surface area contributed by atoms with E-state index in [9.17, 15) is 13.6 Å². The maximum Gasteiger partial charge on any atom is 0.387 e. The number of ether oxygens (including phenoxy) is 1. The van der Waals surface area contributed by atoms with Gasteiger partial charge in [0, 0.05) is 22.6 Å². The molecule has 2 heterocycles. The molecule has 0 amide bonds. The standard InChI is InChI=1S/C18H17F2N3O2S2/c1-10-8-15(16(24)9-26-18-22-21-12(3)27-18)11(2)23(10)13-4-6-14(7-5-13)25-17(19)20/h4-8,17H,9H2,1-3H3. The van der Waals surface area contributed by atoms with Crippen LogP contribution < -0.4 is 4.74 Å². The number of Topliss-reactive ketones (excluding diaryl/α,β-unsaturated/α-hetero) is 1. The molecule has 0 aliphatic carbocycles. The predicted octanol–water partition coefficient (Wildman–Crippen LogP) is 4.83. The van der Waals surface area contributed by atoms with Crippen LogP contribution in [0, 0.1) is 20.8 Å². The monoisotopic (exact) mass is 409 g/mol. The molecular weight excluding hydrogens is 392 g/mol. The molecule has 0 radical (unpaired) electrons. The Morgan fingerprint density at radius 2 is 1.93 bits per heavy atom. The summed E-state index contributed by atoms with van der Waals surface area (Å²) < 4.78 is 31.6. The summed E-state index contributed by atoms with van der Waals surface area (Å²) >= 11 is 2.83. The average molecular weight is 409 g/mol. The Bertz CT molecular complexity index is 952. The van der Waals surface area contributed by atoms with Gasteiger partial charge >= 0.3 is 6.61 Å². The minimum atomic E-state index is -2.86. The molecule has 0 fully saturated rings. The molecule has 1 aromatic carbocycles.